The van der Waals surface area contributed by atoms with Crippen LogP contribution in [0.4, 0.5) is 0 Å². The van der Waals surface area contributed by atoms with Crippen LogP contribution >= 0.6 is 0 Å². The molecule has 1 fully saturated rings. The fraction of sp³-hybridized carbons (Fsp3) is 0.846. The van der Waals surface area contributed by atoms with Crippen molar-refractivity contribution in [2.24, 2.45) is 5.41 Å². The fourth-order valence-corrected chi connectivity index (χ4v) is 2.03. The van der Waals surface area contributed by atoms with E-state index in [2.05, 4.69) is 39.1 Å². The second kappa shape index (κ2) is 4.97. The van der Waals surface area contributed by atoms with E-state index < -0.39 is 0 Å². The van der Waals surface area contributed by atoms with Crippen molar-refractivity contribution in [1.82, 2.24) is 5.32 Å². The quantitative estimate of drug-likeness (QED) is 0.680. The lowest BCUT2D eigenvalue weighted by Crippen LogP contribution is -2.35. The smallest absolute Gasteiger partial charge is 0.0139 e. The first kappa shape index (κ1) is 11.8. The molecule has 1 rings (SSSR count). The van der Waals surface area contributed by atoms with E-state index >= 15 is 0 Å². The van der Waals surface area contributed by atoms with Gasteiger partial charge in [0.05, 0.1) is 0 Å². The van der Waals surface area contributed by atoms with Gasteiger partial charge in [-0.1, -0.05) is 25.5 Å². The Balaban J connectivity index is 2.20. The minimum atomic E-state index is 0.592. The summed E-state index contributed by atoms with van der Waals surface area (Å²) in [6.07, 6.45) is 7.73. The number of nitrogens with one attached hydrogen (secondary N) is 1. The first-order chi connectivity index (χ1) is 6.49. The molecule has 1 nitrogen and oxygen atoms in total. The highest BCUT2D eigenvalue weighted by Gasteiger charge is 2.25. The zero-order chi connectivity index (χ0) is 10.6. The van der Waals surface area contributed by atoms with Crippen LogP contribution in [0.2, 0.25) is 0 Å². The summed E-state index contributed by atoms with van der Waals surface area (Å²) >= 11 is 0. The molecule has 1 aliphatic rings. The van der Waals surface area contributed by atoms with E-state index in [9.17, 15) is 0 Å². The van der Waals surface area contributed by atoms with Gasteiger partial charge in [0.15, 0.2) is 0 Å². The van der Waals surface area contributed by atoms with Crippen LogP contribution in [0.3, 0.4) is 0 Å². The Morgan fingerprint density at radius 3 is 2.36 bits per heavy atom. The second-order valence-corrected chi connectivity index (χ2v) is 5.63. The van der Waals surface area contributed by atoms with E-state index in [0.717, 1.165) is 12.6 Å². The van der Waals surface area contributed by atoms with Gasteiger partial charge in [-0.15, -0.1) is 0 Å². The molecule has 1 heteroatoms. The molecule has 14 heavy (non-hydrogen) atoms. The van der Waals surface area contributed by atoms with Crippen LogP contribution in [0, 0.1) is 5.41 Å². The van der Waals surface area contributed by atoms with Gasteiger partial charge in [-0.05, 0) is 44.9 Å². The summed E-state index contributed by atoms with van der Waals surface area (Å²) in [4.78, 5) is 0. The molecule has 0 atom stereocenters. The van der Waals surface area contributed by atoms with Crippen molar-refractivity contribution < 1.29 is 0 Å². The normalized spacial score (nSPS) is 22.0. The summed E-state index contributed by atoms with van der Waals surface area (Å²) in [5.41, 5.74) is 2.00. The highest BCUT2D eigenvalue weighted by Crippen LogP contribution is 2.34. The topological polar surface area (TPSA) is 12.0 Å². The molecule has 0 amide bonds. The molecule has 0 saturated heterocycles. The molecule has 0 aromatic carbocycles. The summed E-state index contributed by atoms with van der Waals surface area (Å²) in [6.45, 7) is 10.1. The van der Waals surface area contributed by atoms with Crippen LogP contribution in [0.1, 0.15) is 53.4 Å². The lowest BCUT2D eigenvalue weighted by atomic mass is 9.75. The monoisotopic (exact) mass is 195 g/mol. The summed E-state index contributed by atoms with van der Waals surface area (Å²) in [6, 6.07) is 0.763. The van der Waals surface area contributed by atoms with Crippen molar-refractivity contribution in [2.75, 3.05) is 6.54 Å². The van der Waals surface area contributed by atoms with Crippen molar-refractivity contribution in [3.05, 3.63) is 11.6 Å². The second-order valence-electron chi connectivity index (χ2n) is 5.63. The average Bonchev–Trinajstić information content (AvgIpc) is 2.07. The third-order valence-corrected chi connectivity index (χ3v) is 3.26. The van der Waals surface area contributed by atoms with Gasteiger partial charge in [0, 0.05) is 12.6 Å². The largest absolute Gasteiger partial charge is 0.311 e. The lowest BCUT2D eigenvalue weighted by Gasteiger charge is -2.34. The van der Waals surface area contributed by atoms with E-state index in [1.54, 1.807) is 0 Å². The Morgan fingerprint density at radius 1 is 1.29 bits per heavy atom. The fourth-order valence-electron chi connectivity index (χ4n) is 2.03. The van der Waals surface area contributed by atoms with E-state index in [4.69, 9.17) is 0 Å². The lowest BCUT2D eigenvalue weighted by molar-refractivity contribution is 0.209. The third-order valence-electron chi connectivity index (χ3n) is 3.26. The maximum atomic E-state index is 3.61. The standard InChI is InChI=1S/C13H25N/c1-11(2)7-10-14-12-5-8-13(3,4)9-6-12/h7,12,14H,5-6,8-10H2,1-4H3. The molecule has 0 unspecified atom stereocenters. The minimum absolute atomic E-state index is 0.592. The van der Waals surface area contributed by atoms with Gasteiger partial charge in [-0.25, -0.2) is 0 Å². The van der Waals surface area contributed by atoms with Gasteiger partial charge in [-0.3, -0.25) is 0 Å². The summed E-state index contributed by atoms with van der Waals surface area (Å²) in [7, 11) is 0. The predicted octanol–water partition coefficient (Wildman–Crippen LogP) is 3.51. The Morgan fingerprint density at radius 2 is 1.86 bits per heavy atom. The first-order valence-corrected chi connectivity index (χ1v) is 5.86. The molecule has 82 valence electrons. The minimum Gasteiger partial charge on any atom is -0.311 e. The zero-order valence-corrected chi connectivity index (χ0v) is 10.2. The number of hydrogen-bond donors (Lipinski definition) is 1. The molecule has 1 N–H and O–H groups in total. The van der Waals surface area contributed by atoms with Crippen molar-refractivity contribution in [2.45, 2.75) is 59.4 Å². The van der Waals surface area contributed by atoms with Crippen molar-refractivity contribution in [3.63, 3.8) is 0 Å². The van der Waals surface area contributed by atoms with Gasteiger partial charge < -0.3 is 5.32 Å². The van der Waals surface area contributed by atoms with Gasteiger partial charge in [-0.2, -0.15) is 0 Å². The van der Waals surface area contributed by atoms with Crippen LogP contribution in [0.5, 0.6) is 0 Å². The highest BCUT2D eigenvalue weighted by molar-refractivity contribution is 4.95. The van der Waals surface area contributed by atoms with E-state index in [1.807, 2.05) is 0 Å². The molecule has 1 saturated carbocycles. The van der Waals surface area contributed by atoms with Crippen molar-refractivity contribution in [3.8, 4) is 0 Å². The first-order valence-electron chi connectivity index (χ1n) is 5.86. The summed E-state index contributed by atoms with van der Waals surface area (Å²) in [5, 5.41) is 3.61. The molecule has 0 aromatic rings. The summed E-state index contributed by atoms with van der Waals surface area (Å²) in [5.74, 6) is 0. The molecule has 0 bridgehead atoms. The van der Waals surface area contributed by atoms with E-state index in [-0.39, 0.29) is 0 Å². The number of hydrogen-bond acceptors (Lipinski definition) is 1. The van der Waals surface area contributed by atoms with E-state index in [0.29, 0.717) is 5.41 Å². The van der Waals surface area contributed by atoms with E-state index in [1.165, 1.54) is 31.3 Å². The van der Waals surface area contributed by atoms with Gasteiger partial charge in [0.2, 0.25) is 0 Å². The van der Waals surface area contributed by atoms with Crippen molar-refractivity contribution in [1.29, 1.82) is 0 Å². The Hall–Kier alpha value is -0.300. The maximum absolute atomic E-state index is 3.61. The van der Waals surface area contributed by atoms with Crippen LogP contribution in [0.15, 0.2) is 11.6 Å². The van der Waals surface area contributed by atoms with Crippen LogP contribution in [-0.2, 0) is 0 Å². The molecule has 0 aromatic heterocycles. The van der Waals surface area contributed by atoms with Crippen LogP contribution in [-0.4, -0.2) is 12.6 Å². The highest BCUT2D eigenvalue weighted by atomic mass is 14.9. The van der Waals surface area contributed by atoms with Crippen LogP contribution in [0.25, 0.3) is 0 Å². The number of allylic oxidation sites excluding steroid dienone is 1. The molecule has 0 heterocycles. The zero-order valence-electron chi connectivity index (χ0n) is 10.2. The van der Waals surface area contributed by atoms with Gasteiger partial charge in [0.1, 0.15) is 0 Å². The third kappa shape index (κ3) is 4.28. The van der Waals surface area contributed by atoms with Crippen LogP contribution < -0.4 is 5.32 Å². The molecular formula is C13H25N. The predicted molar refractivity (Wildman–Crippen MR) is 63.5 cm³/mol. The molecule has 0 spiro atoms. The summed E-state index contributed by atoms with van der Waals surface area (Å²) < 4.78 is 0. The number of rotatable bonds is 3. The molecule has 0 radical (unpaired) electrons. The Bertz CT molecular complexity index is 189. The van der Waals surface area contributed by atoms with Gasteiger partial charge in [0.25, 0.3) is 0 Å². The molecular weight excluding hydrogens is 170 g/mol. The molecule has 0 aliphatic heterocycles. The maximum Gasteiger partial charge on any atom is 0.0139 e. The van der Waals surface area contributed by atoms with Gasteiger partial charge >= 0.3 is 0 Å². The Labute approximate surface area is 89.0 Å². The van der Waals surface area contributed by atoms with Crippen molar-refractivity contribution >= 4 is 0 Å². The Kier molecular flexibility index (Phi) is 4.18. The molecule has 1 aliphatic carbocycles. The average molecular weight is 195 g/mol. The SMILES string of the molecule is CC(C)=CCNC1CCC(C)(C)CC1.